The molecule has 0 aliphatic heterocycles. The van der Waals surface area contributed by atoms with E-state index in [1.807, 2.05) is 30.3 Å². The molecule has 4 heteroatoms. The van der Waals surface area contributed by atoms with Crippen molar-refractivity contribution >= 4 is 11.9 Å². The summed E-state index contributed by atoms with van der Waals surface area (Å²) in [7, 11) is 1.59. The highest BCUT2D eigenvalue weighted by Gasteiger charge is 2.16. The molecule has 1 aromatic rings. The Bertz CT molecular complexity index is 376. The zero-order chi connectivity index (χ0) is 12.7. The first-order chi connectivity index (χ1) is 8.13. The molecule has 0 bridgehead atoms. The molecule has 92 valence electrons. The average molecular weight is 235 g/mol. The van der Waals surface area contributed by atoms with Gasteiger partial charge < -0.3 is 10.1 Å². The number of benzene rings is 1. The Morgan fingerprint density at radius 3 is 2.47 bits per heavy atom. The van der Waals surface area contributed by atoms with Crippen molar-refractivity contribution in [3.8, 4) is 0 Å². The van der Waals surface area contributed by atoms with E-state index in [1.54, 1.807) is 7.05 Å². The van der Waals surface area contributed by atoms with Gasteiger partial charge in [-0.05, 0) is 5.56 Å². The summed E-state index contributed by atoms with van der Waals surface area (Å²) in [5.41, 5.74) is 0.998. The summed E-state index contributed by atoms with van der Waals surface area (Å²) in [6, 6.07) is 9.57. The van der Waals surface area contributed by atoms with Gasteiger partial charge in [-0.2, -0.15) is 0 Å². The van der Waals surface area contributed by atoms with Crippen LogP contribution in [0.5, 0.6) is 0 Å². The van der Waals surface area contributed by atoms with Crippen LogP contribution < -0.4 is 5.32 Å². The predicted octanol–water partition coefficient (Wildman–Crippen LogP) is 1.47. The molecule has 1 rings (SSSR count). The number of nitrogens with one attached hydrogen (secondary N) is 1. The third-order valence-corrected chi connectivity index (χ3v) is 2.47. The first kappa shape index (κ1) is 13.2. The van der Waals surface area contributed by atoms with E-state index in [9.17, 15) is 9.59 Å². The lowest BCUT2D eigenvalue weighted by molar-refractivity contribution is -0.142. The Labute approximate surface area is 101 Å². The minimum Gasteiger partial charge on any atom is -0.465 e. The highest BCUT2D eigenvalue weighted by atomic mass is 16.5. The zero-order valence-corrected chi connectivity index (χ0v) is 10.1. The summed E-state index contributed by atoms with van der Waals surface area (Å²) < 4.78 is 4.98. The lowest BCUT2D eigenvalue weighted by atomic mass is 9.96. The number of ether oxygens (including phenoxy) is 1. The quantitative estimate of drug-likeness (QED) is 0.786. The van der Waals surface area contributed by atoms with Crippen LogP contribution in [-0.4, -0.2) is 25.5 Å². The molecule has 0 aliphatic carbocycles. The van der Waals surface area contributed by atoms with Crippen LogP contribution in [0.1, 0.15) is 24.8 Å². The van der Waals surface area contributed by atoms with Crippen LogP contribution in [0.15, 0.2) is 30.3 Å². The van der Waals surface area contributed by atoms with Gasteiger partial charge in [-0.3, -0.25) is 9.59 Å². The maximum atomic E-state index is 11.4. The average Bonchev–Trinajstić information content (AvgIpc) is 2.35. The molecule has 17 heavy (non-hydrogen) atoms. The third kappa shape index (κ3) is 4.68. The number of hydrogen-bond acceptors (Lipinski definition) is 3. The summed E-state index contributed by atoms with van der Waals surface area (Å²) >= 11 is 0. The largest absolute Gasteiger partial charge is 0.465 e. The van der Waals surface area contributed by atoms with Crippen molar-refractivity contribution in [2.24, 2.45) is 0 Å². The number of rotatable bonds is 5. The topological polar surface area (TPSA) is 55.4 Å². The molecular weight excluding hydrogens is 218 g/mol. The monoisotopic (exact) mass is 235 g/mol. The SMILES string of the molecule is CNC(=O)CC(COC(C)=O)c1ccccc1. The van der Waals surface area contributed by atoms with Gasteiger partial charge in [0.1, 0.15) is 0 Å². The fourth-order valence-corrected chi connectivity index (χ4v) is 1.54. The van der Waals surface area contributed by atoms with E-state index >= 15 is 0 Å². The molecular formula is C13H17NO3. The molecule has 0 fully saturated rings. The van der Waals surface area contributed by atoms with Gasteiger partial charge in [0.05, 0.1) is 6.61 Å². The van der Waals surface area contributed by atoms with Crippen molar-refractivity contribution in [2.45, 2.75) is 19.3 Å². The third-order valence-electron chi connectivity index (χ3n) is 2.47. The molecule has 0 saturated heterocycles. The minimum atomic E-state index is -0.331. The maximum absolute atomic E-state index is 11.4. The van der Waals surface area contributed by atoms with Crippen LogP contribution in [-0.2, 0) is 14.3 Å². The number of hydrogen-bond donors (Lipinski definition) is 1. The molecule has 0 aliphatic rings. The van der Waals surface area contributed by atoms with E-state index in [2.05, 4.69) is 5.32 Å². The number of esters is 1. The van der Waals surface area contributed by atoms with Crippen molar-refractivity contribution in [3.63, 3.8) is 0 Å². The Balaban J connectivity index is 2.71. The molecule has 1 unspecified atom stereocenters. The molecule has 0 aromatic heterocycles. The number of carbonyl (C=O) groups is 2. The van der Waals surface area contributed by atoms with Crippen molar-refractivity contribution in [1.29, 1.82) is 0 Å². The van der Waals surface area contributed by atoms with Crippen molar-refractivity contribution in [1.82, 2.24) is 5.32 Å². The van der Waals surface area contributed by atoms with Gasteiger partial charge in [0.2, 0.25) is 5.91 Å². The minimum absolute atomic E-state index is 0.0639. The molecule has 0 radical (unpaired) electrons. The van der Waals surface area contributed by atoms with Crippen molar-refractivity contribution in [2.75, 3.05) is 13.7 Å². The van der Waals surface area contributed by atoms with Crippen LogP contribution in [0, 0.1) is 0 Å². The van der Waals surface area contributed by atoms with Crippen LogP contribution >= 0.6 is 0 Å². The van der Waals surface area contributed by atoms with E-state index in [0.29, 0.717) is 6.42 Å². The van der Waals surface area contributed by atoms with E-state index in [1.165, 1.54) is 6.92 Å². The van der Waals surface area contributed by atoms with Gasteiger partial charge in [0.15, 0.2) is 0 Å². The second-order valence-electron chi connectivity index (χ2n) is 3.79. The number of amides is 1. The van der Waals surface area contributed by atoms with Crippen molar-refractivity contribution in [3.05, 3.63) is 35.9 Å². The van der Waals surface area contributed by atoms with E-state index < -0.39 is 0 Å². The van der Waals surface area contributed by atoms with Crippen LogP contribution in [0.2, 0.25) is 0 Å². The summed E-state index contributed by atoms with van der Waals surface area (Å²) in [5.74, 6) is -0.492. The highest BCUT2D eigenvalue weighted by molar-refractivity contribution is 5.76. The smallest absolute Gasteiger partial charge is 0.302 e. The molecule has 1 amide bonds. The van der Waals surface area contributed by atoms with Gasteiger partial charge in [0.25, 0.3) is 0 Å². The van der Waals surface area contributed by atoms with Gasteiger partial charge >= 0.3 is 5.97 Å². The number of carbonyl (C=O) groups excluding carboxylic acids is 2. The van der Waals surface area contributed by atoms with E-state index in [-0.39, 0.29) is 24.4 Å². The van der Waals surface area contributed by atoms with Crippen LogP contribution in [0.3, 0.4) is 0 Å². The molecule has 0 heterocycles. The fourth-order valence-electron chi connectivity index (χ4n) is 1.54. The lowest BCUT2D eigenvalue weighted by Crippen LogP contribution is -2.23. The van der Waals surface area contributed by atoms with Crippen LogP contribution in [0.4, 0.5) is 0 Å². The van der Waals surface area contributed by atoms with Gasteiger partial charge in [-0.1, -0.05) is 30.3 Å². The molecule has 1 atom stereocenters. The van der Waals surface area contributed by atoms with Gasteiger partial charge in [-0.25, -0.2) is 0 Å². The molecule has 0 saturated carbocycles. The second kappa shape index (κ2) is 6.68. The molecule has 1 N–H and O–H groups in total. The van der Waals surface area contributed by atoms with Crippen molar-refractivity contribution < 1.29 is 14.3 Å². The van der Waals surface area contributed by atoms with Crippen LogP contribution in [0.25, 0.3) is 0 Å². The Morgan fingerprint density at radius 2 is 1.94 bits per heavy atom. The molecule has 4 nitrogen and oxygen atoms in total. The van der Waals surface area contributed by atoms with E-state index in [4.69, 9.17) is 4.74 Å². The Morgan fingerprint density at radius 1 is 1.29 bits per heavy atom. The second-order valence-corrected chi connectivity index (χ2v) is 3.79. The Kier molecular flexibility index (Phi) is 5.20. The highest BCUT2D eigenvalue weighted by Crippen LogP contribution is 2.19. The molecule has 1 aromatic carbocycles. The first-order valence-electron chi connectivity index (χ1n) is 5.52. The maximum Gasteiger partial charge on any atom is 0.302 e. The van der Waals surface area contributed by atoms with Gasteiger partial charge in [-0.15, -0.1) is 0 Å². The predicted molar refractivity (Wildman–Crippen MR) is 64.5 cm³/mol. The van der Waals surface area contributed by atoms with Gasteiger partial charge in [0, 0.05) is 26.3 Å². The Hall–Kier alpha value is -1.84. The standard InChI is InChI=1S/C13H17NO3/c1-10(15)17-9-12(8-13(16)14-2)11-6-4-3-5-7-11/h3-7,12H,8-9H2,1-2H3,(H,14,16). The summed E-state index contributed by atoms with van der Waals surface area (Å²) in [5, 5.41) is 2.57. The molecule has 0 spiro atoms. The summed E-state index contributed by atoms with van der Waals surface area (Å²) in [6.07, 6.45) is 0.313. The normalized spacial score (nSPS) is 11.6. The lowest BCUT2D eigenvalue weighted by Gasteiger charge is -2.16. The zero-order valence-electron chi connectivity index (χ0n) is 10.1. The fraction of sp³-hybridized carbons (Fsp3) is 0.385. The first-order valence-corrected chi connectivity index (χ1v) is 5.52. The summed E-state index contributed by atoms with van der Waals surface area (Å²) in [6.45, 7) is 1.59. The summed E-state index contributed by atoms with van der Waals surface area (Å²) in [4.78, 5) is 22.2. The van der Waals surface area contributed by atoms with E-state index in [0.717, 1.165) is 5.56 Å².